The van der Waals surface area contributed by atoms with Gasteiger partial charge in [0.2, 0.25) is 0 Å². The quantitative estimate of drug-likeness (QED) is 0.442. The van der Waals surface area contributed by atoms with Gasteiger partial charge in [0.1, 0.15) is 15.8 Å². The molecule has 0 saturated carbocycles. The van der Waals surface area contributed by atoms with Crippen LogP contribution in [0, 0.1) is 0 Å². The first-order valence-electron chi connectivity index (χ1n) is 7.40. The topological polar surface area (TPSA) is 70.8 Å². The fourth-order valence-electron chi connectivity index (χ4n) is 2.34. The summed E-state index contributed by atoms with van der Waals surface area (Å²) in [4.78, 5) is 25.3. The molecule has 0 atom stereocenters. The van der Waals surface area contributed by atoms with Crippen LogP contribution in [0.4, 0.5) is 0 Å². The Balaban J connectivity index is 1.86. The van der Waals surface area contributed by atoms with E-state index in [9.17, 15) is 9.59 Å². The maximum Gasteiger partial charge on any atom is 0.337 e. The van der Waals surface area contributed by atoms with E-state index in [-0.39, 0.29) is 16.5 Å². The third-order valence-electron chi connectivity index (χ3n) is 3.57. The van der Waals surface area contributed by atoms with Crippen LogP contribution in [0.2, 0.25) is 5.02 Å². The van der Waals surface area contributed by atoms with E-state index in [4.69, 9.17) is 33.3 Å². The van der Waals surface area contributed by atoms with Crippen LogP contribution in [-0.4, -0.2) is 32.7 Å². The van der Waals surface area contributed by atoms with E-state index in [0.29, 0.717) is 32.9 Å². The molecule has 0 bridgehead atoms. The standard InChI is InChI=1S/C18H12ClNO4S2/c1-2-7-20-16(21)15(26-18(20)25)9-11-4-6-14(24-11)10-3-5-12(17(22)23)13(19)8-10/h2-6,8-9H,1,7H2,(H,22,23)/b15-9+. The second-order valence-corrected chi connectivity index (χ2v) is 7.37. The lowest BCUT2D eigenvalue weighted by Crippen LogP contribution is -2.27. The maximum absolute atomic E-state index is 12.3. The number of nitrogens with zero attached hydrogens (tertiary/aromatic N) is 1. The van der Waals surface area contributed by atoms with E-state index >= 15 is 0 Å². The van der Waals surface area contributed by atoms with Crippen LogP contribution in [0.1, 0.15) is 16.1 Å². The number of aromatic carboxylic acids is 1. The van der Waals surface area contributed by atoms with Gasteiger partial charge in [0.25, 0.3) is 5.91 Å². The smallest absolute Gasteiger partial charge is 0.337 e. The lowest BCUT2D eigenvalue weighted by Gasteiger charge is -2.10. The molecule has 1 N–H and O–H groups in total. The van der Waals surface area contributed by atoms with Crippen molar-refractivity contribution >= 4 is 57.9 Å². The van der Waals surface area contributed by atoms with Crippen molar-refractivity contribution in [2.24, 2.45) is 0 Å². The summed E-state index contributed by atoms with van der Waals surface area (Å²) in [6, 6.07) is 8.00. The molecule has 26 heavy (non-hydrogen) atoms. The number of hydrogen-bond donors (Lipinski definition) is 1. The van der Waals surface area contributed by atoms with E-state index in [2.05, 4.69) is 6.58 Å². The Labute approximate surface area is 163 Å². The van der Waals surface area contributed by atoms with Crippen molar-refractivity contribution in [2.45, 2.75) is 0 Å². The monoisotopic (exact) mass is 405 g/mol. The van der Waals surface area contributed by atoms with Crippen LogP contribution >= 0.6 is 35.6 Å². The van der Waals surface area contributed by atoms with Gasteiger partial charge >= 0.3 is 5.97 Å². The number of carboxylic acids is 1. The number of rotatable bonds is 5. The summed E-state index contributed by atoms with van der Waals surface area (Å²) < 4.78 is 6.21. The van der Waals surface area contributed by atoms with Gasteiger partial charge in [0.05, 0.1) is 15.5 Å². The fraction of sp³-hybridized carbons (Fsp3) is 0.0556. The molecule has 132 valence electrons. The van der Waals surface area contributed by atoms with Gasteiger partial charge in [0.15, 0.2) is 0 Å². The Kier molecular flexibility index (Phi) is 5.31. The van der Waals surface area contributed by atoms with Crippen molar-refractivity contribution in [3.63, 3.8) is 0 Å². The van der Waals surface area contributed by atoms with Gasteiger partial charge in [-0.1, -0.05) is 47.7 Å². The zero-order valence-electron chi connectivity index (χ0n) is 13.3. The average molecular weight is 406 g/mol. The molecule has 0 unspecified atom stereocenters. The second-order valence-electron chi connectivity index (χ2n) is 5.28. The average Bonchev–Trinajstić information content (AvgIpc) is 3.15. The first-order chi connectivity index (χ1) is 12.4. The maximum atomic E-state index is 12.3. The van der Waals surface area contributed by atoms with Crippen molar-refractivity contribution in [2.75, 3.05) is 6.54 Å². The Bertz CT molecular complexity index is 964. The summed E-state index contributed by atoms with van der Waals surface area (Å²) in [5, 5.41) is 9.15. The van der Waals surface area contributed by atoms with Crippen molar-refractivity contribution in [3.05, 3.63) is 64.2 Å². The number of hydrogen-bond acceptors (Lipinski definition) is 5. The molecule has 0 aliphatic carbocycles. The van der Waals surface area contributed by atoms with Crippen molar-refractivity contribution in [3.8, 4) is 11.3 Å². The molecule has 1 aromatic heterocycles. The first kappa shape index (κ1) is 18.4. The molecule has 5 nitrogen and oxygen atoms in total. The Morgan fingerprint density at radius 1 is 1.38 bits per heavy atom. The van der Waals surface area contributed by atoms with Crippen LogP contribution in [-0.2, 0) is 4.79 Å². The van der Waals surface area contributed by atoms with E-state index in [1.807, 2.05) is 0 Å². The number of carbonyl (C=O) groups is 2. The lowest BCUT2D eigenvalue weighted by atomic mass is 10.1. The van der Waals surface area contributed by atoms with Crippen LogP contribution in [0.25, 0.3) is 17.4 Å². The third kappa shape index (κ3) is 3.60. The van der Waals surface area contributed by atoms with Gasteiger partial charge in [-0.05, 0) is 24.3 Å². The highest BCUT2D eigenvalue weighted by Crippen LogP contribution is 2.34. The van der Waals surface area contributed by atoms with Gasteiger partial charge in [0, 0.05) is 18.2 Å². The second kappa shape index (κ2) is 7.49. The molecule has 2 aromatic rings. The Morgan fingerprint density at radius 3 is 2.81 bits per heavy atom. The highest BCUT2D eigenvalue weighted by molar-refractivity contribution is 8.26. The predicted octanol–water partition coefficient (Wildman–Crippen LogP) is 4.69. The molecule has 0 radical (unpaired) electrons. The van der Waals surface area contributed by atoms with E-state index in [1.54, 1.807) is 30.4 Å². The zero-order chi connectivity index (χ0) is 18.8. The van der Waals surface area contributed by atoms with Gasteiger partial charge in [-0.25, -0.2) is 4.79 Å². The van der Waals surface area contributed by atoms with Crippen LogP contribution in [0.15, 0.2) is 52.3 Å². The Morgan fingerprint density at radius 2 is 2.15 bits per heavy atom. The minimum atomic E-state index is -1.09. The van der Waals surface area contributed by atoms with Crippen molar-refractivity contribution < 1.29 is 19.1 Å². The number of carboxylic acid groups (broad SMARTS) is 1. The largest absolute Gasteiger partial charge is 0.478 e. The van der Waals surface area contributed by atoms with Gasteiger partial charge in [-0.3, -0.25) is 9.69 Å². The minimum absolute atomic E-state index is 0.0214. The minimum Gasteiger partial charge on any atom is -0.478 e. The zero-order valence-corrected chi connectivity index (χ0v) is 15.7. The molecule has 1 saturated heterocycles. The Hall–Kier alpha value is -2.35. The molecule has 1 aromatic carbocycles. The SMILES string of the molecule is C=CCN1C(=O)/C(=C\c2ccc(-c3ccc(C(=O)O)c(Cl)c3)o2)SC1=S. The fourth-order valence-corrected chi connectivity index (χ4v) is 3.86. The number of furan rings is 1. The normalized spacial score (nSPS) is 15.7. The third-order valence-corrected chi connectivity index (χ3v) is 5.26. The molecular formula is C18H12ClNO4S2. The number of benzene rings is 1. The molecule has 3 rings (SSSR count). The van der Waals surface area contributed by atoms with Crippen molar-refractivity contribution in [1.82, 2.24) is 4.90 Å². The molecule has 0 spiro atoms. The van der Waals surface area contributed by atoms with Crippen LogP contribution in [0.5, 0.6) is 0 Å². The lowest BCUT2D eigenvalue weighted by molar-refractivity contribution is -0.121. The molecular weight excluding hydrogens is 394 g/mol. The number of thioether (sulfide) groups is 1. The van der Waals surface area contributed by atoms with Gasteiger partial charge in [-0.15, -0.1) is 6.58 Å². The number of halogens is 1. The summed E-state index contributed by atoms with van der Waals surface area (Å²) in [7, 11) is 0. The van der Waals surface area contributed by atoms with E-state index in [0.717, 1.165) is 0 Å². The van der Waals surface area contributed by atoms with Crippen LogP contribution < -0.4 is 0 Å². The highest BCUT2D eigenvalue weighted by Gasteiger charge is 2.31. The predicted molar refractivity (Wildman–Crippen MR) is 106 cm³/mol. The molecule has 2 heterocycles. The number of carbonyl (C=O) groups excluding carboxylic acids is 1. The van der Waals surface area contributed by atoms with Crippen molar-refractivity contribution in [1.29, 1.82) is 0 Å². The molecule has 1 amide bonds. The first-order valence-corrected chi connectivity index (χ1v) is 9.00. The van der Waals surface area contributed by atoms with E-state index < -0.39 is 5.97 Å². The summed E-state index contributed by atoms with van der Waals surface area (Å²) >= 11 is 12.4. The summed E-state index contributed by atoms with van der Waals surface area (Å²) in [5.74, 6) is -0.288. The summed E-state index contributed by atoms with van der Waals surface area (Å²) in [6.45, 7) is 3.98. The summed E-state index contributed by atoms with van der Waals surface area (Å²) in [6.07, 6.45) is 3.24. The molecule has 8 heteroatoms. The number of thiocarbonyl (C=S) groups is 1. The van der Waals surface area contributed by atoms with Gasteiger partial charge < -0.3 is 9.52 Å². The van der Waals surface area contributed by atoms with Gasteiger partial charge in [-0.2, -0.15) is 0 Å². The van der Waals surface area contributed by atoms with E-state index in [1.165, 1.54) is 28.8 Å². The molecule has 1 aliphatic rings. The molecule has 1 aliphatic heterocycles. The van der Waals surface area contributed by atoms with Crippen LogP contribution in [0.3, 0.4) is 0 Å². The molecule has 1 fully saturated rings. The summed E-state index contributed by atoms with van der Waals surface area (Å²) in [5.41, 5.74) is 0.659. The number of amides is 1. The highest BCUT2D eigenvalue weighted by atomic mass is 35.5.